The molecule has 11 heteroatoms. The van der Waals surface area contributed by atoms with E-state index in [4.69, 9.17) is 9.47 Å². The number of hydrogen-bond donors (Lipinski definition) is 2. The normalized spacial score (nSPS) is 15.6. The molecule has 1 saturated heterocycles. The number of nitrogens with zero attached hydrogens (tertiary/aromatic N) is 3. The molecule has 0 spiro atoms. The first-order valence-corrected chi connectivity index (χ1v) is 15.7. The third-order valence-electron chi connectivity index (χ3n) is 7.31. The second-order valence-electron chi connectivity index (χ2n) is 10.6. The number of aromatic nitrogens is 2. The van der Waals surface area contributed by atoms with Crippen LogP contribution in [0.4, 0.5) is 11.5 Å². The highest BCUT2D eigenvalue weighted by molar-refractivity contribution is 7.90. The van der Waals surface area contributed by atoms with Crippen molar-refractivity contribution in [1.82, 2.24) is 14.3 Å². The van der Waals surface area contributed by atoms with E-state index in [9.17, 15) is 13.2 Å². The maximum Gasteiger partial charge on any atom is 0.303 e. The van der Waals surface area contributed by atoms with Gasteiger partial charge in [-0.25, -0.2) is 4.98 Å². The number of amides is 1. The smallest absolute Gasteiger partial charge is 0.303 e. The van der Waals surface area contributed by atoms with Gasteiger partial charge in [-0.05, 0) is 48.2 Å². The minimum absolute atomic E-state index is 0.183. The fourth-order valence-electron chi connectivity index (χ4n) is 4.81. The van der Waals surface area contributed by atoms with Gasteiger partial charge in [0.25, 0.3) is 5.91 Å². The Balaban J connectivity index is 1.12. The maximum absolute atomic E-state index is 13.1. The van der Waals surface area contributed by atoms with Crippen LogP contribution in [0, 0.1) is 0 Å². The number of anilines is 2. The SMILES string of the molecule is O=C(Nc1ccc(COCc2ccccc2)cc1)c1cccc(-c2cnc(C3CC3)c(NS(=O)(=O)N3CCOCC3)n2)c1. The molecule has 2 heterocycles. The molecule has 10 nitrogen and oxygen atoms in total. The van der Waals surface area contributed by atoms with Gasteiger partial charge in [0.15, 0.2) is 5.82 Å². The Kier molecular flexibility index (Phi) is 8.75. The third kappa shape index (κ3) is 7.44. The molecule has 1 amide bonds. The number of nitrogens with one attached hydrogen (secondary N) is 2. The van der Waals surface area contributed by atoms with Crippen LogP contribution in [0.15, 0.2) is 85.1 Å². The summed E-state index contributed by atoms with van der Waals surface area (Å²) in [7, 11) is -3.81. The van der Waals surface area contributed by atoms with Crippen LogP contribution < -0.4 is 10.0 Å². The van der Waals surface area contributed by atoms with E-state index in [0.717, 1.165) is 24.0 Å². The summed E-state index contributed by atoms with van der Waals surface area (Å²) in [5, 5.41) is 2.93. The van der Waals surface area contributed by atoms with E-state index >= 15 is 0 Å². The predicted molar refractivity (Wildman–Crippen MR) is 164 cm³/mol. The van der Waals surface area contributed by atoms with Crippen LogP contribution in [0.2, 0.25) is 0 Å². The Morgan fingerprint density at radius 3 is 2.37 bits per heavy atom. The van der Waals surface area contributed by atoms with Gasteiger partial charge in [0.1, 0.15) is 0 Å². The molecule has 1 saturated carbocycles. The zero-order valence-corrected chi connectivity index (χ0v) is 24.4. The molecular formula is C32H33N5O5S. The average molecular weight is 600 g/mol. The Bertz CT molecular complexity index is 1670. The third-order valence-corrected chi connectivity index (χ3v) is 8.81. The van der Waals surface area contributed by atoms with Crippen molar-refractivity contribution < 1.29 is 22.7 Å². The fraction of sp³-hybridized carbons (Fsp3) is 0.281. The topological polar surface area (TPSA) is 123 Å². The molecule has 0 radical (unpaired) electrons. The molecule has 0 atom stereocenters. The van der Waals surface area contributed by atoms with Gasteiger partial charge in [0.2, 0.25) is 0 Å². The number of benzene rings is 3. The van der Waals surface area contributed by atoms with Crippen LogP contribution in [-0.4, -0.2) is 54.9 Å². The van der Waals surface area contributed by atoms with E-state index < -0.39 is 10.2 Å². The van der Waals surface area contributed by atoms with Crippen LogP contribution in [0.25, 0.3) is 11.3 Å². The lowest BCUT2D eigenvalue weighted by molar-refractivity contribution is 0.0733. The lowest BCUT2D eigenvalue weighted by Crippen LogP contribution is -2.43. The minimum Gasteiger partial charge on any atom is -0.379 e. The van der Waals surface area contributed by atoms with E-state index in [-0.39, 0.29) is 30.7 Å². The Morgan fingerprint density at radius 1 is 0.930 bits per heavy atom. The second kappa shape index (κ2) is 13.0. The first-order chi connectivity index (χ1) is 20.9. The minimum atomic E-state index is -3.81. The summed E-state index contributed by atoms with van der Waals surface area (Å²) in [6.07, 6.45) is 3.52. The number of hydrogen-bond acceptors (Lipinski definition) is 7. The molecular weight excluding hydrogens is 566 g/mol. The van der Waals surface area contributed by atoms with Crippen molar-refractivity contribution in [3.05, 3.63) is 107 Å². The van der Waals surface area contributed by atoms with Gasteiger partial charge in [0, 0.05) is 35.8 Å². The second-order valence-corrected chi connectivity index (χ2v) is 12.3. The number of carbonyl (C=O) groups excluding carboxylic acids is 1. The van der Waals surface area contributed by atoms with Gasteiger partial charge < -0.3 is 14.8 Å². The van der Waals surface area contributed by atoms with Crippen molar-refractivity contribution >= 4 is 27.6 Å². The van der Waals surface area contributed by atoms with Crippen molar-refractivity contribution in [3.8, 4) is 11.3 Å². The van der Waals surface area contributed by atoms with E-state index in [1.165, 1.54) is 4.31 Å². The van der Waals surface area contributed by atoms with E-state index in [2.05, 4.69) is 20.0 Å². The number of morpholine rings is 1. The first-order valence-electron chi connectivity index (χ1n) is 14.3. The zero-order chi connectivity index (χ0) is 29.6. The lowest BCUT2D eigenvalue weighted by Gasteiger charge is -2.26. The lowest BCUT2D eigenvalue weighted by atomic mass is 10.1. The predicted octanol–water partition coefficient (Wildman–Crippen LogP) is 4.98. The zero-order valence-electron chi connectivity index (χ0n) is 23.6. The monoisotopic (exact) mass is 599 g/mol. The summed E-state index contributed by atoms with van der Waals surface area (Å²) < 4.78 is 41.3. The molecule has 4 aromatic rings. The van der Waals surface area contributed by atoms with Gasteiger partial charge in [0.05, 0.1) is 44.0 Å². The number of carbonyl (C=O) groups is 1. The Labute approximate surface area is 251 Å². The molecule has 1 aromatic heterocycles. The van der Waals surface area contributed by atoms with Gasteiger partial charge in [-0.3, -0.25) is 14.5 Å². The van der Waals surface area contributed by atoms with Gasteiger partial charge in [-0.1, -0.05) is 54.6 Å². The van der Waals surface area contributed by atoms with Crippen LogP contribution in [0.1, 0.15) is 45.9 Å². The summed E-state index contributed by atoms with van der Waals surface area (Å²) in [5.41, 5.74) is 4.99. The summed E-state index contributed by atoms with van der Waals surface area (Å²) in [6.45, 7) is 2.27. The fourth-order valence-corrected chi connectivity index (χ4v) is 5.96. The van der Waals surface area contributed by atoms with Gasteiger partial charge >= 0.3 is 10.2 Å². The molecule has 1 aliphatic carbocycles. The molecule has 222 valence electrons. The van der Waals surface area contributed by atoms with Gasteiger partial charge in [-0.15, -0.1) is 0 Å². The molecule has 2 N–H and O–H groups in total. The molecule has 6 rings (SSSR count). The molecule has 0 unspecified atom stereocenters. The molecule has 2 aliphatic rings. The van der Waals surface area contributed by atoms with Crippen molar-refractivity contribution in [2.24, 2.45) is 0 Å². The average Bonchev–Trinajstić information content (AvgIpc) is 3.88. The summed E-state index contributed by atoms with van der Waals surface area (Å²) in [6, 6.07) is 24.6. The standard InChI is InChI=1S/C32H33N5O5S/c38-32(34-28-13-9-24(10-14-28)22-42-21-23-5-2-1-3-6-23)27-8-4-7-26(19-27)29-20-33-30(25-11-12-25)31(35-29)36-43(39,40)37-15-17-41-18-16-37/h1-10,13-14,19-20,25H,11-12,15-18,21-22H2,(H,34,38)(H,35,36). The van der Waals surface area contributed by atoms with Crippen LogP contribution in [0.3, 0.4) is 0 Å². The van der Waals surface area contributed by atoms with E-state index in [1.54, 1.807) is 24.4 Å². The highest BCUT2D eigenvalue weighted by Crippen LogP contribution is 2.42. The summed E-state index contributed by atoms with van der Waals surface area (Å²) in [5.74, 6) is 0.141. The van der Waals surface area contributed by atoms with Crippen molar-refractivity contribution in [1.29, 1.82) is 0 Å². The maximum atomic E-state index is 13.1. The van der Waals surface area contributed by atoms with E-state index in [0.29, 0.717) is 54.6 Å². The largest absolute Gasteiger partial charge is 0.379 e. The van der Waals surface area contributed by atoms with Crippen LogP contribution in [0.5, 0.6) is 0 Å². The van der Waals surface area contributed by atoms with E-state index in [1.807, 2.05) is 60.7 Å². The van der Waals surface area contributed by atoms with Crippen molar-refractivity contribution in [3.63, 3.8) is 0 Å². The van der Waals surface area contributed by atoms with Crippen molar-refractivity contribution in [2.45, 2.75) is 32.0 Å². The highest BCUT2D eigenvalue weighted by atomic mass is 32.2. The molecule has 0 bridgehead atoms. The van der Waals surface area contributed by atoms with Crippen molar-refractivity contribution in [2.75, 3.05) is 36.3 Å². The number of ether oxygens (including phenoxy) is 2. The molecule has 2 fully saturated rings. The molecule has 1 aliphatic heterocycles. The summed E-state index contributed by atoms with van der Waals surface area (Å²) in [4.78, 5) is 22.4. The quantitative estimate of drug-likeness (QED) is 0.249. The summed E-state index contributed by atoms with van der Waals surface area (Å²) >= 11 is 0. The first kappa shape index (κ1) is 28.9. The number of rotatable bonds is 11. The van der Waals surface area contributed by atoms with Crippen LogP contribution >= 0.6 is 0 Å². The molecule has 43 heavy (non-hydrogen) atoms. The highest BCUT2D eigenvalue weighted by Gasteiger charge is 2.32. The van der Waals surface area contributed by atoms with Crippen LogP contribution in [-0.2, 0) is 32.9 Å². The Hall–Kier alpha value is -4.16. The Morgan fingerprint density at radius 2 is 1.65 bits per heavy atom. The van der Waals surface area contributed by atoms with Gasteiger partial charge in [-0.2, -0.15) is 12.7 Å². The molecule has 3 aromatic carbocycles.